The molecule has 0 spiro atoms. The van der Waals surface area contributed by atoms with Crippen molar-refractivity contribution in [1.82, 2.24) is 20.5 Å². The van der Waals surface area contributed by atoms with Gasteiger partial charge < -0.3 is 21.5 Å². The van der Waals surface area contributed by atoms with Gasteiger partial charge in [-0.1, -0.05) is 38.2 Å². The Labute approximate surface area is 179 Å². The lowest BCUT2D eigenvalue weighted by atomic mass is 9.84. The molecule has 0 unspecified atom stereocenters. The molecule has 2 atom stereocenters. The highest BCUT2D eigenvalue weighted by Crippen LogP contribution is 2.27. The highest BCUT2D eigenvalue weighted by molar-refractivity contribution is 5.89. The Hall–Kier alpha value is -2.19. The van der Waals surface area contributed by atoms with Crippen molar-refractivity contribution < 1.29 is 14.7 Å². The lowest BCUT2D eigenvalue weighted by Gasteiger charge is -2.31. The Morgan fingerprint density at radius 1 is 1.23 bits per heavy atom. The molecule has 1 fully saturated rings. The number of hydrogen-bond donors (Lipinski definition) is 4. The molecule has 5 N–H and O–H groups in total. The van der Waals surface area contributed by atoms with E-state index in [0.717, 1.165) is 18.4 Å². The van der Waals surface area contributed by atoms with Crippen LogP contribution in [0.3, 0.4) is 0 Å². The van der Waals surface area contributed by atoms with E-state index < -0.39 is 12.1 Å². The lowest BCUT2D eigenvalue weighted by molar-refractivity contribution is -0.133. The molecule has 0 radical (unpaired) electrons. The minimum absolute atomic E-state index is 0.0940. The summed E-state index contributed by atoms with van der Waals surface area (Å²) in [5.74, 6) is 0.314. The van der Waals surface area contributed by atoms with Crippen molar-refractivity contribution >= 4 is 17.6 Å². The summed E-state index contributed by atoms with van der Waals surface area (Å²) in [5, 5.41) is 15.6. The Bertz CT molecular complexity index is 674. The van der Waals surface area contributed by atoms with E-state index >= 15 is 0 Å². The summed E-state index contributed by atoms with van der Waals surface area (Å²) in [6, 6.07) is 2.29. The predicted octanol–water partition coefficient (Wildman–Crippen LogP) is 1.44. The number of nitrogens with one attached hydrogen (secondary N) is 2. The second-order valence-corrected chi connectivity index (χ2v) is 8.57. The third-order valence-corrected chi connectivity index (χ3v) is 6.02. The van der Waals surface area contributed by atoms with Crippen molar-refractivity contribution in [3.8, 4) is 0 Å². The van der Waals surface area contributed by atoms with Gasteiger partial charge in [-0.15, -0.1) is 0 Å². The van der Waals surface area contributed by atoms with Crippen LogP contribution in [0.25, 0.3) is 0 Å². The number of anilines is 1. The van der Waals surface area contributed by atoms with E-state index in [1.54, 1.807) is 19.3 Å². The van der Waals surface area contributed by atoms with E-state index in [9.17, 15) is 14.7 Å². The fourth-order valence-electron chi connectivity index (χ4n) is 3.87. The van der Waals surface area contributed by atoms with Crippen LogP contribution in [0.5, 0.6) is 0 Å². The van der Waals surface area contributed by atoms with Gasteiger partial charge in [-0.25, -0.2) is 4.98 Å². The van der Waals surface area contributed by atoms with Gasteiger partial charge in [-0.2, -0.15) is 0 Å². The van der Waals surface area contributed by atoms with Crippen molar-refractivity contribution in [1.29, 1.82) is 0 Å². The molecule has 8 nitrogen and oxygen atoms in total. The molecule has 0 aliphatic heterocycles. The summed E-state index contributed by atoms with van der Waals surface area (Å²) in [6.45, 7) is 3.94. The smallest absolute Gasteiger partial charge is 0.242 e. The zero-order chi connectivity index (χ0) is 22.1. The normalized spacial score (nSPS) is 17.0. The zero-order valence-corrected chi connectivity index (χ0v) is 18.4. The van der Waals surface area contributed by atoms with Crippen LogP contribution >= 0.6 is 0 Å². The quantitative estimate of drug-likeness (QED) is 0.455. The molecule has 2 amide bonds. The fourth-order valence-corrected chi connectivity index (χ4v) is 3.87. The van der Waals surface area contributed by atoms with Gasteiger partial charge >= 0.3 is 0 Å². The minimum atomic E-state index is -0.687. The summed E-state index contributed by atoms with van der Waals surface area (Å²) in [7, 11) is 1.80. The Balaban J connectivity index is 2.05. The van der Waals surface area contributed by atoms with E-state index in [1.807, 2.05) is 24.8 Å². The largest absolute Gasteiger partial charge is 0.394 e. The minimum Gasteiger partial charge on any atom is -0.394 e. The monoisotopic (exact) mass is 419 g/mol. The maximum Gasteiger partial charge on any atom is 0.242 e. The zero-order valence-electron chi connectivity index (χ0n) is 18.4. The number of nitrogens with zero attached hydrogens (tertiary/aromatic N) is 2. The van der Waals surface area contributed by atoms with Crippen LogP contribution in [0, 0.1) is 5.92 Å². The van der Waals surface area contributed by atoms with E-state index in [1.165, 1.54) is 19.3 Å². The van der Waals surface area contributed by atoms with E-state index in [2.05, 4.69) is 15.6 Å². The molecular formula is C22H37N5O3. The van der Waals surface area contributed by atoms with Gasteiger partial charge in [0.1, 0.15) is 17.9 Å². The van der Waals surface area contributed by atoms with Gasteiger partial charge in [-0.05, 0) is 44.9 Å². The summed E-state index contributed by atoms with van der Waals surface area (Å²) in [6.07, 6.45) is 7.97. The number of aromatic nitrogens is 1. The Kier molecular flexibility index (Phi) is 9.52. The molecule has 1 aromatic rings. The second kappa shape index (κ2) is 11.9. The van der Waals surface area contributed by atoms with E-state index in [0.29, 0.717) is 24.7 Å². The number of aliphatic hydroxyl groups excluding tert-OH is 1. The number of likely N-dealkylation sites (N-methyl/N-ethyl adjacent to an activating group) is 1. The summed E-state index contributed by atoms with van der Waals surface area (Å²) < 4.78 is 0. The maximum atomic E-state index is 13.0. The number of nitrogens with two attached hydrogens (primary N) is 1. The van der Waals surface area contributed by atoms with Crippen LogP contribution in [0.1, 0.15) is 57.9 Å². The molecule has 30 heavy (non-hydrogen) atoms. The molecule has 8 heteroatoms. The molecule has 1 saturated carbocycles. The first-order valence-corrected chi connectivity index (χ1v) is 10.9. The SMILES string of the molecule is CC(C)N(C)[C@@H](CO)C(=O)N[C@@H](CC1CCCCC1)C(=O)NCc1ccc(N)nc1. The van der Waals surface area contributed by atoms with Gasteiger partial charge in [-0.3, -0.25) is 14.5 Å². The van der Waals surface area contributed by atoms with Gasteiger partial charge in [0.25, 0.3) is 0 Å². The molecule has 1 heterocycles. The van der Waals surface area contributed by atoms with Gasteiger partial charge in [0, 0.05) is 18.8 Å². The molecule has 1 aliphatic carbocycles. The molecular weight excluding hydrogens is 382 g/mol. The van der Waals surface area contributed by atoms with Crippen molar-refractivity contribution in [2.75, 3.05) is 19.4 Å². The van der Waals surface area contributed by atoms with Crippen molar-refractivity contribution in [3.63, 3.8) is 0 Å². The highest BCUT2D eigenvalue weighted by Gasteiger charge is 2.30. The number of amides is 2. The Morgan fingerprint density at radius 3 is 2.50 bits per heavy atom. The van der Waals surface area contributed by atoms with Crippen molar-refractivity contribution in [2.45, 2.75) is 77.0 Å². The van der Waals surface area contributed by atoms with Crippen LogP contribution in [0.2, 0.25) is 0 Å². The maximum absolute atomic E-state index is 13.0. The molecule has 1 aromatic heterocycles. The number of carbonyl (C=O) groups excluding carboxylic acids is 2. The molecule has 0 aromatic carbocycles. The molecule has 0 bridgehead atoms. The van der Waals surface area contributed by atoms with E-state index in [-0.39, 0.29) is 24.5 Å². The van der Waals surface area contributed by atoms with Crippen LogP contribution in [0.4, 0.5) is 5.82 Å². The van der Waals surface area contributed by atoms with Crippen LogP contribution in [-0.4, -0.2) is 58.6 Å². The molecule has 0 saturated heterocycles. The van der Waals surface area contributed by atoms with Crippen LogP contribution in [0.15, 0.2) is 18.3 Å². The number of rotatable bonds is 10. The number of nitrogen functional groups attached to an aromatic ring is 1. The number of carbonyl (C=O) groups is 2. The first-order chi connectivity index (χ1) is 14.3. The first-order valence-electron chi connectivity index (χ1n) is 10.9. The highest BCUT2D eigenvalue weighted by atomic mass is 16.3. The van der Waals surface area contributed by atoms with Gasteiger partial charge in [0.05, 0.1) is 6.61 Å². The first kappa shape index (κ1) is 24.1. The molecule has 2 rings (SSSR count). The summed E-state index contributed by atoms with van der Waals surface area (Å²) >= 11 is 0. The van der Waals surface area contributed by atoms with Crippen molar-refractivity contribution in [2.24, 2.45) is 5.92 Å². The standard InChI is InChI=1S/C22H37N5O3/c1-15(2)27(3)19(14-28)22(30)26-18(11-16-7-5-4-6-8-16)21(29)25-13-17-9-10-20(23)24-12-17/h9-10,12,15-16,18-19,28H,4-8,11,13-14H2,1-3H3,(H2,23,24)(H,25,29)(H,26,30)/t18-,19-/m0/s1. The fraction of sp³-hybridized carbons (Fsp3) is 0.682. The summed E-state index contributed by atoms with van der Waals surface area (Å²) in [4.78, 5) is 31.7. The second-order valence-electron chi connectivity index (χ2n) is 8.57. The Morgan fingerprint density at radius 2 is 1.93 bits per heavy atom. The summed E-state index contributed by atoms with van der Waals surface area (Å²) in [5.41, 5.74) is 6.45. The number of pyridine rings is 1. The van der Waals surface area contributed by atoms with Gasteiger partial charge in [0.2, 0.25) is 11.8 Å². The van der Waals surface area contributed by atoms with Crippen LogP contribution in [-0.2, 0) is 16.1 Å². The van der Waals surface area contributed by atoms with Gasteiger partial charge in [0.15, 0.2) is 0 Å². The van der Waals surface area contributed by atoms with Crippen molar-refractivity contribution in [3.05, 3.63) is 23.9 Å². The number of aliphatic hydroxyl groups is 1. The number of hydrogen-bond acceptors (Lipinski definition) is 6. The third-order valence-electron chi connectivity index (χ3n) is 6.02. The molecule has 168 valence electrons. The lowest BCUT2D eigenvalue weighted by Crippen LogP contribution is -2.55. The van der Waals surface area contributed by atoms with Crippen LogP contribution < -0.4 is 16.4 Å². The third kappa shape index (κ3) is 7.25. The molecule has 1 aliphatic rings. The predicted molar refractivity (Wildman–Crippen MR) is 117 cm³/mol. The van der Waals surface area contributed by atoms with E-state index in [4.69, 9.17) is 5.73 Å². The average molecular weight is 420 g/mol. The average Bonchev–Trinajstić information content (AvgIpc) is 2.73. The topological polar surface area (TPSA) is 121 Å².